The fraction of sp³-hybridized carbons (Fsp3) is 0.343. The molecule has 1 N–H and O–H groups in total. The van der Waals surface area contributed by atoms with Crippen LogP contribution in [0.4, 0.5) is 10.6 Å². The van der Waals surface area contributed by atoms with E-state index in [4.69, 9.17) is 14.2 Å². The van der Waals surface area contributed by atoms with Crippen molar-refractivity contribution in [2.24, 2.45) is 0 Å². The molecule has 0 saturated carbocycles. The molecule has 3 aliphatic heterocycles. The number of carbonyl (C=O) groups excluding carboxylic acids is 2. The zero-order chi connectivity index (χ0) is 33.7. The van der Waals surface area contributed by atoms with Crippen LogP contribution in [0.5, 0.6) is 5.75 Å². The highest BCUT2D eigenvalue weighted by Gasteiger charge is 2.34. The van der Waals surface area contributed by atoms with Crippen LogP contribution < -0.4 is 9.64 Å². The van der Waals surface area contributed by atoms with Crippen LogP contribution in [-0.4, -0.2) is 108 Å². The number of nitrogens with zero attached hydrogens (tertiary/aromatic N) is 5. The van der Waals surface area contributed by atoms with E-state index >= 15 is 0 Å². The normalized spacial score (nSPS) is 18.2. The number of carboxylic acid groups (broad SMARTS) is 1. The smallest absolute Gasteiger partial charge is 0.335 e. The molecule has 49 heavy (non-hydrogen) atoms. The van der Waals surface area contributed by atoms with Crippen molar-refractivity contribution in [3.05, 3.63) is 75.1 Å². The fourth-order valence-electron chi connectivity index (χ4n) is 6.03. The minimum atomic E-state index is -0.997. The predicted octanol–water partition coefficient (Wildman–Crippen LogP) is 5.23. The second kappa shape index (κ2) is 15.0. The van der Waals surface area contributed by atoms with Crippen LogP contribution in [0.1, 0.15) is 27.2 Å². The number of fused-ring (bicyclic) bond motifs is 1. The summed E-state index contributed by atoms with van der Waals surface area (Å²) in [5, 5.41) is 12.2. The number of morpholine rings is 2. The van der Waals surface area contributed by atoms with E-state index in [-0.39, 0.29) is 29.9 Å². The Morgan fingerprint density at radius 2 is 1.76 bits per heavy atom. The number of ether oxygens (including phenoxy) is 3. The lowest BCUT2D eigenvalue weighted by Crippen LogP contribution is -2.36. The number of thioether (sulfide) groups is 1. The second-order valence-corrected chi connectivity index (χ2v) is 13.8. The van der Waals surface area contributed by atoms with Crippen LogP contribution >= 0.6 is 23.1 Å². The van der Waals surface area contributed by atoms with Gasteiger partial charge in [-0.25, -0.2) is 14.8 Å². The first-order valence-corrected chi connectivity index (χ1v) is 17.8. The van der Waals surface area contributed by atoms with E-state index in [1.165, 1.54) is 22.3 Å². The molecule has 0 bridgehead atoms. The van der Waals surface area contributed by atoms with Gasteiger partial charge in [0, 0.05) is 55.1 Å². The number of amides is 2. The average molecular weight is 702 g/mol. The summed E-state index contributed by atoms with van der Waals surface area (Å²) in [4.78, 5) is 53.6. The van der Waals surface area contributed by atoms with Gasteiger partial charge in [0.1, 0.15) is 17.9 Å². The van der Waals surface area contributed by atoms with Gasteiger partial charge in [-0.3, -0.25) is 19.4 Å². The van der Waals surface area contributed by atoms with Crippen molar-refractivity contribution < 1.29 is 33.7 Å². The zero-order valence-corrected chi connectivity index (χ0v) is 28.3. The molecule has 0 unspecified atom stereocenters. The number of anilines is 1. The maximum Gasteiger partial charge on any atom is 0.335 e. The molecule has 3 fully saturated rings. The number of aromatic nitrogens is 2. The van der Waals surface area contributed by atoms with Crippen LogP contribution in [-0.2, 0) is 20.8 Å². The third-order valence-corrected chi connectivity index (χ3v) is 10.4. The van der Waals surface area contributed by atoms with Crippen LogP contribution in [0.15, 0.2) is 59.1 Å². The Hall–Kier alpha value is -4.34. The van der Waals surface area contributed by atoms with E-state index in [2.05, 4.69) is 25.8 Å². The van der Waals surface area contributed by atoms with Gasteiger partial charge in [0.15, 0.2) is 0 Å². The first kappa shape index (κ1) is 33.2. The molecule has 0 radical (unpaired) electrons. The van der Waals surface area contributed by atoms with E-state index < -0.39 is 5.97 Å². The van der Waals surface area contributed by atoms with E-state index in [0.29, 0.717) is 50.0 Å². The van der Waals surface area contributed by atoms with Gasteiger partial charge in [0.25, 0.3) is 11.1 Å². The SMILES string of the molecule is O=C(O)c1ccc(OCCCN2C(=O)SC(=Cc3cc(-c4ccc5ncnc(N6CCOCC6)c5c4)cs3)C2=O)c(CN2CCOCC2)c1. The van der Waals surface area contributed by atoms with Crippen molar-refractivity contribution in [2.75, 3.05) is 70.7 Å². The highest BCUT2D eigenvalue weighted by atomic mass is 32.2. The molecule has 2 aromatic carbocycles. The summed E-state index contributed by atoms with van der Waals surface area (Å²) in [6, 6.07) is 13.0. The molecule has 0 aliphatic carbocycles. The largest absolute Gasteiger partial charge is 0.493 e. The van der Waals surface area contributed by atoms with Gasteiger partial charge in [0.2, 0.25) is 0 Å². The van der Waals surface area contributed by atoms with Gasteiger partial charge in [0.05, 0.1) is 49.0 Å². The topological polar surface area (TPSA) is 135 Å². The molecule has 12 nitrogen and oxygen atoms in total. The molecule has 3 saturated heterocycles. The molecule has 0 atom stereocenters. The highest BCUT2D eigenvalue weighted by Crippen LogP contribution is 2.36. The molecule has 254 valence electrons. The summed E-state index contributed by atoms with van der Waals surface area (Å²) in [6.07, 6.45) is 3.81. The van der Waals surface area contributed by atoms with Gasteiger partial charge in [-0.2, -0.15) is 0 Å². The molecule has 3 aliphatic rings. The summed E-state index contributed by atoms with van der Waals surface area (Å²) in [5.74, 6) is 0.175. The molecule has 2 aromatic heterocycles. The molecule has 4 aromatic rings. The Bertz CT molecular complexity index is 1900. The Morgan fingerprint density at radius 1 is 0.959 bits per heavy atom. The number of thiophene rings is 1. The van der Waals surface area contributed by atoms with Crippen molar-refractivity contribution in [3.63, 3.8) is 0 Å². The van der Waals surface area contributed by atoms with Gasteiger partial charge in [-0.05, 0) is 77.2 Å². The Balaban J connectivity index is 0.983. The number of hydrogen-bond acceptors (Lipinski definition) is 12. The standard InChI is InChI=1S/C35H35N5O7S2/c41-33-31(19-27-17-26(21-48-27)23-2-4-29-28(18-23)32(37-22-36-29)39-9-14-46-15-10-39)49-35(44)40(33)6-1-11-47-30-5-3-24(34(42)43)16-25(30)20-38-7-12-45-13-8-38/h2-5,16-19,21-22H,1,6-15,20H2,(H,42,43). The van der Waals surface area contributed by atoms with Crippen LogP contribution in [0.3, 0.4) is 0 Å². The third-order valence-electron chi connectivity index (χ3n) is 8.61. The minimum Gasteiger partial charge on any atom is -0.493 e. The number of rotatable bonds is 11. The summed E-state index contributed by atoms with van der Waals surface area (Å²) < 4.78 is 17.0. The van der Waals surface area contributed by atoms with E-state index in [9.17, 15) is 19.5 Å². The van der Waals surface area contributed by atoms with Gasteiger partial charge in [-0.15, -0.1) is 11.3 Å². The monoisotopic (exact) mass is 701 g/mol. The van der Waals surface area contributed by atoms with E-state index in [1.54, 1.807) is 24.5 Å². The number of imide groups is 1. The Morgan fingerprint density at radius 3 is 2.55 bits per heavy atom. The Labute approximate surface area is 291 Å². The second-order valence-electron chi connectivity index (χ2n) is 11.8. The van der Waals surface area contributed by atoms with E-state index in [0.717, 1.165) is 76.2 Å². The van der Waals surface area contributed by atoms with Crippen LogP contribution in [0.25, 0.3) is 28.1 Å². The van der Waals surface area contributed by atoms with Gasteiger partial charge >= 0.3 is 5.97 Å². The zero-order valence-electron chi connectivity index (χ0n) is 26.7. The lowest BCUT2D eigenvalue weighted by molar-refractivity contribution is -0.122. The Kier molecular flexibility index (Phi) is 10.2. The first-order valence-electron chi connectivity index (χ1n) is 16.1. The van der Waals surface area contributed by atoms with E-state index in [1.807, 2.05) is 23.6 Å². The maximum atomic E-state index is 13.3. The van der Waals surface area contributed by atoms with Crippen molar-refractivity contribution in [1.29, 1.82) is 0 Å². The minimum absolute atomic E-state index is 0.197. The summed E-state index contributed by atoms with van der Waals surface area (Å²) in [7, 11) is 0. The van der Waals surface area contributed by atoms with Crippen molar-refractivity contribution in [3.8, 4) is 16.9 Å². The van der Waals surface area contributed by atoms with Gasteiger partial charge < -0.3 is 24.2 Å². The summed E-state index contributed by atoms with van der Waals surface area (Å²) in [5.41, 5.74) is 3.88. The van der Waals surface area contributed by atoms with Crippen LogP contribution in [0, 0.1) is 0 Å². The maximum absolute atomic E-state index is 13.3. The van der Waals surface area contributed by atoms with Gasteiger partial charge in [-0.1, -0.05) is 6.07 Å². The van der Waals surface area contributed by atoms with Crippen molar-refractivity contribution >= 4 is 63.0 Å². The lowest BCUT2D eigenvalue weighted by Gasteiger charge is -2.28. The first-order chi connectivity index (χ1) is 23.9. The number of aromatic carboxylic acids is 1. The van der Waals surface area contributed by atoms with Crippen molar-refractivity contribution in [1.82, 2.24) is 19.8 Å². The molecular weight excluding hydrogens is 667 g/mol. The number of hydrogen-bond donors (Lipinski definition) is 1. The third kappa shape index (κ3) is 7.63. The fourth-order valence-corrected chi connectivity index (χ4v) is 7.81. The predicted molar refractivity (Wildman–Crippen MR) is 188 cm³/mol. The average Bonchev–Trinajstić information content (AvgIpc) is 3.70. The number of carbonyl (C=O) groups is 3. The molecular formula is C35H35N5O7S2. The molecule has 7 rings (SSSR count). The number of benzene rings is 2. The lowest BCUT2D eigenvalue weighted by atomic mass is 10.1. The molecule has 14 heteroatoms. The summed E-state index contributed by atoms with van der Waals surface area (Å²) >= 11 is 2.45. The van der Waals surface area contributed by atoms with Crippen LogP contribution in [0.2, 0.25) is 0 Å². The summed E-state index contributed by atoms with van der Waals surface area (Å²) in [6.45, 7) is 6.69. The van der Waals surface area contributed by atoms with Crippen molar-refractivity contribution in [2.45, 2.75) is 13.0 Å². The highest BCUT2D eigenvalue weighted by molar-refractivity contribution is 8.18. The molecule has 5 heterocycles. The molecule has 0 spiro atoms. The quantitative estimate of drug-likeness (QED) is 0.162. The molecule has 2 amide bonds. The number of carboxylic acids is 1.